The second kappa shape index (κ2) is 26.3. The minimum absolute atomic E-state index is 0.499. The molecular weight excluding hydrogens is 428 g/mol. The minimum Gasteiger partial charge on any atom is -0.478 e. The highest BCUT2D eigenvalue weighted by atomic mass is 16.4. The van der Waals surface area contributed by atoms with Gasteiger partial charge in [-0.1, -0.05) is 179 Å². The van der Waals surface area contributed by atoms with Crippen LogP contribution in [0.2, 0.25) is 0 Å². The van der Waals surface area contributed by atoms with E-state index in [0.29, 0.717) is 5.92 Å². The zero-order chi connectivity index (χ0) is 25.1. The number of hydrogen-bond acceptors (Lipinski definition) is 1. The van der Waals surface area contributed by atoms with Gasteiger partial charge < -0.3 is 5.11 Å². The first kappa shape index (κ1) is 32.2. The van der Waals surface area contributed by atoms with Crippen molar-refractivity contribution in [1.29, 1.82) is 0 Å². The fourth-order valence-corrected chi connectivity index (χ4v) is 5.79. The number of allylic oxidation sites excluding steroid dienone is 1. The van der Waals surface area contributed by atoms with Crippen LogP contribution in [0.15, 0.2) is 12.2 Å². The van der Waals surface area contributed by atoms with Gasteiger partial charge >= 0.3 is 5.97 Å². The maximum Gasteiger partial charge on any atom is 0.327 e. The molecule has 3 saturated carbocycles. The molecule has 0 aliphatic heterocycles. The molecule has 0 spiro atoms. The summed E-state index contributed by atoms with van der Waals surface area (Å²) in [6, 6.07) is 0. The Balaban J connectivity index is 0.000000271. The van der Waals surface area contributed by atoms with E-state index in [-0.39, 0.29) is 0 Å². The molecule has 0 amide bonds. The van der Waals surface area contributed by atoms with Crippen LogP contribution in [0.4, 0.5) is 0 Å². The molecule has 0 heterocycles. The largest absolute Gasteiger partial charge is 0.478 e. The van der Waals surface area contributed by atoms with Gasteiger partial charge in [-0.3, -0.25) is 0 Å². The molecule has 206 valence electrons. The molecule has 35 heavy (non-hydrogen) atoms. The molecule has 0 aromatic rings. The number of carboxylic acid groups (broad SMARTS) is 1. The second-order valence-corrected chi connectivity index (χ2v) is 11.6. The quantitative estimate of drug-likeness (QED) is 0.391. The van der Waals surface area contributed by atoms with Crippen molar-refractivity contribution in [3.8, 4) is 0 Å². The van der Waals surface area contributed by atoms with E-state index in [1.807, 2.05) is 6.08 Å². The summed E-state index contributed by atoms with van der Waals surface area (Å²) in [6.07, 6.45) is 44.8. The molecule has 0 unspecified atom stereocenters. The SMILES string of the molecule is C1CCCCCCCCC1.C1CCCCCCCCC1.O=C(O)C=CC1CCCCCCCCC1. The predicted molar refractivity (Wildman–Crippen MR) is 154 cm³/mol. The van der Waals surface area contributed by atoms with Crippen molar-refractivity contribution in [2.24, 2.45) is 5.92 Å². The van der Waals surface area contributed by atoms with E-state index in [0.717, 1.165) is 0 Å². The van der Waals surface area contributed by atoms with E-state index in [1.165, 1.54) is 192 Å². The van der Waals surface area contributed by atoms with Crippen LogP contribution in [0.25, 0.3) is 0 Å². The van der Waals surface area contributed by atoms with Gasteiger partial charge in [-0.15, -0.1) is 0 Å². The van der Waals surface area contributed by atoms with E-state index in [2.05, 4.69) is 0 Å². The third kappa shape index (κ3) is 24.7. The fraction of sp³-hybridized carbons (Fsp3) is 0.909. The highest BCUT2D eigenvalue weighted by Gasteiger charge is 2.07. The summed E-state index contributed by atoms with van der Waals surface area (Å²) in [5.74, 6) is -0.314. The third-order valence-corrected chi connectivity index (χ3v) is 8.16. The van der Waals surface area contributed by atoms with Crippen molar-refractivity contribution in [2.45, 2.75) is 186 Å². The van der Waals surface area contributed by atoms with Crippen LogP contribution in [0, 0.1) is 5.92 Å². The summed E-state index contributed by atoms with van der Waals surface area (Å²) in [4.78, 5) is 10.4. The Hall–Kier alpha value is -0.790. The molecule has 3 aliphatic carbocycles. The highest BCUT2D eigenvalue weighted by molar-refractivity contribution is 5.79. The third-order valence-electron chi connectivity index (χ3n) is 8.16. The van der Waals surface area contributed by atoms with Crippen molar-refractivity contribution in [2.75, 3.05) is 0 Å². The number of carboxylic acids is 1. The van der Waals surface area contributed by atoms with E-state index in [4.69, 9.17) is 5.11 Å². The van der Waals surface area contributed by atoms with Gasteiger partial charge in [-0.05, 0) is 18.8 Å². The van der Waals surface area contributed by atoms with Crippen molar-refractivity contribution < 1.29 is 9.90 Å². The number of rotatable bonds is 2. The van der Waals surface area contributed by atoms with Crippen LogP contribution in [0.5, 0.6) is 0 Å². The first-order valence-corrected chi connectivity index (χ1v) is 16.2. The van der Waals surface area contributed by atoms with Gasteiger partial charge in [0.05, 0.1) is 0 Å². The van der Waals surface area contributed by atoms with Gasteiger partial charge in [0.15, 0.2) is 0 Å². The topological polar surface area (TPSA) is 37.3 Å². The average Bonchev–Trinajstić information content (AvgIpc) is 2.89. The van der Waals surface area contributed by atoms with Gasteiger partial charge in [-0.25, -0.2) is 4.79 Å². The van der Waals surface area contributed by atoms with Crippen LogP contribution >= 0.6 is 0 Å². The summed E-state index contributed by atoms with van der Waals surface area (Å²) in [6.45, 7) is 0. The van der Waals surface area contributed by atoms with Gasteiger partial charge in [0, 0.05) is 6.08 Å². The van der Waals surface area contributed by atoms with E-state index < -0.39 is 5.97 Å². The molecule has 1 N–H and O–H groups in total. The Bertz CT molecular complexity index is 373. The summed E-state index contributed by atoms with van der Waals surface area (Å²) in [5, 5.41) is 8.58. The Kier molecular flexibility index (Phi) is 24.2. The Morgan fingerprint density at radius 2 is 0.600 bits per heavy atom. The summed E-state index contributed by atoms with van der Waals surface area (Å²) in [7, 11) is 0. The van der Waals surface area contributed by atoms with E-state index in [1.54, 1.807) is 0 Å². The Labute approximate surface area is 220 Å². The Morgan fingerprint density at radius 1 is 0.400 bits per heavy atom. The molecule has 3 rings (SSSR count). The molecule has 0 saturated heterocycles. The number of aliphatic carboxylic acids is 1. The van der Waals surface area contributed by atoms with Gasteiger partial charge in [0.2, 0.25) is 0 Å². The van der Waals surface area contributed by atoms with E-state index >= 15 is 0 Å². The van der Waals surface area contributed by atoms with Crippen LogP contribution in [-0.4, -0.2) is 11.1 Å². The zero-order valence-electron chi connectivity index (χ0n) is 23.6. The molecule has 3 fully saturated rings. The average molecular weight is 491 g/mol. The predicted octanol–water partition coefficient (Wildman–Crippen LogP) is 11.6. The smallest absolute Gasteiger partial charge is 0.327 e. The second-order valence-electron chi connectivity index (χ2n) is 11.6. The van der Waals surface area contributed by atoms with Crippen LogP contribution in [-0.2, 0) is 4.79 Å². The lowest BCUT2D eigenvalue weighted by molar-refractivity contribution is -0.131. The van der Waals surface area contributed by atoms with Crippen LogP contribution < -0.4 is 0 Å². The molecular formula is C33H62O2. The lowest BCUT2D eigenvalue weighted by Crippen LogP contribution is -2.00. The monoisotopic (exact) mass is 490 g/mol. The Morgan fingerprint density at radius 3 is 0.800 bits per heavy atom. The maximum atomic E-state index is 10.4. The van der Waals surface area contributed by atoms with Crippen LogP contribution in [0.3, 0.4) is 0 Å². The summed E-state index contributed by atoms with van der Waals surface area (Å²) in [5.41, 5.74) is 0. The molecule has 0 radical (unpaired) electrons. The summed E-state index contributed by atoms with van der Waals surface area (Å²) < 4.78 is 0. The van der Waals surface area contributed by atoms with Crippen LogP contribution in [0.1, 0.15) is 186 Å². The minimum atomic E-state index is -0.813. The van der Waals surface area contributed by atoms with Gasteiger partial charge in [0.25, 0.3) is 0 Å². The molecule has 0 atom stereocenters. The number of hydrogen-bond donors (Lipinski definition) is 1. The van der Waals surface area contributed by atoms with Crippen molar-refractivity contribution in [3.63, 3.8) is 0 Å². The number of carbonyl (C=O) groups is 1. The highest BCUT2D eigenvalue weighted by Crippen LogP contribution is 2.22. The molecule has 2 heteroatoms. The van der Waals surface area contributed by atoms with Crippen molar-refractivity contribution in [1.82, 2.24) is 0 Å². The molecule has 2 nitrogen and oxygen atoms in total. The zero-order valence-corrected chi connectivity index (χ0v) is 23.6. The normalized spacial score (nSPS) is 23.0. The first-order valence-electron chi connectivity index (χ1n) is 16.2. The fourth-order valence-electron chi connectivity index (χ4n) is 5.79. The summed E-state index contributed by atoms with van der Waals surface area (Å²) >= 11 is 0. The molecule has 0 bridgehead atoms. The molecule has 0 aromatic heterocycles. The lowest BCUT2D eigenvalue weighted by Gasteiger charge is -2.14. The lowest BCUT2D eigenvalue weighted by atomic mass is 9.92. The van der Waals surface area contributed by atoms with Crippen molar-refractivity contribution in [3.05, 3.63) is 12.2 Å². The van der Waals surface area contributed by atoms with Crippen molar-refractivity contribution >= 4 is 5.97 Å². The molecule has 3 aliphatic rings. The first-order chi connectivity index (χ1) is 17.3. The van der Waals surface area contributed by atoms with E-state index in [9.17, 15) is 4.79 Å². The molecule has 0 aromatic carbocycles. The van der Waals surface area contributed by atoms with Gasteiger partial charge in [0.1, 0.15) is 0 Å². The standard InChI is InChI=1S/C13H22O2.2C10H20/c14-13(15)11-10-12-8-6-4-2-1-3-5-7-9-12;2*1-2-4-6-8-10-9-7-5-3-1/h10-12H,1-9H2,(H,14,15);2*1-10H2. The maximum absolute atomic E-state index is 10.4. The van der Waals surface area contributed by atoms with Gasteiger partial charge in [-0.2, -0.15) is 0 Å².